The molecular weight excluding hydrogens is 308 g/mol. The van der Waals surface area contributed by atoms with E-state index in [2.05, 4.69) is 76.1 Å². The summed E-state index contributed by atoms with van der Waals surface area (Å²) in [5.41, 5.74) is 5.26. The van der Waals surface area contributed by atoms with Crippen molar-refractivity contribution in [2.75, 3.05) is 11.9 Å². The molecule has 2 N–H and O–H groups in total. The third-order valence-corrected chi connectivity index (χ3v) is 4.69. The number of phenolic OH excluding ortho intramolecular Hbond substituents is 1. The molecule has 0 radical (unpaired) electrons. The van der Waals surface area contributed by atoms with Crippen molar-refractivity contribution in [1.29, 1.82) is 0 Å². The van der Waals surface area contributed by atoms with Gasteiger partial charge in [0, 0.05) is 29.4 Å². The number of rotatable bonds is 1. The number of fused-ring (bicyclic) bond motifs is 1. The highest BCUT2D eigenvalue weighted by molar-refractivity contribution is 5.91. The SMILES string of the molecule is CC(C)(C)c1cc(C=C2CNc3ncccc32)cc(C(C)(C)C)c1O. The fourth-order valence-corrected chi connectivity index (χ4v) is 3.29. The van der Waals surface area contributed by atoms with Crippen molar-refractivity contribution in [3.05, 3.63) is 52.7 Å². The van der Waals surface area contributed by atoms with E-state index >= 15 is 0 Å². The molecule has 0 atom stereocenters. The molecule has 3 heteroatoms. The molecule has 1 aliphatic heterocycles. The first-order chi connectivity index (χ1) is 11.6. The quantitative estimate of drug-likeness (QED) is 0.738. The van der Waals surface area contributed by atoms with Gasteiger partial charge in [0.15, 0.2) is 0 Å². The zero-order chi connectivity index (χ0) is 18.4. The van der Waals surface area contributed by atoms with Crippen LogP contribution in [0.3, 0.4) is 0 Å². The summed E-state index contributed by atoms with van der Waals surface area (Å²) in [7, 11) is 0. The van der Waals surface area contributed by atoms with E-state index in [1.807, 2.05) is 12.3 Å². The van der Waals surface area contributed by atoms with Gasteiger partial charge in [0.25, 0.3) is 0 Å². The number of hydrogen-bond donors (Lipinski definition) is 2. The monoisotopic (exact) mass is 336 g/mol. The van der Waals surface area contributed by atoms with Crippen molar-refractivity contribution in [2.24, 2.45) is 0 Å². The van der Waals surface area contributed by atoms with Crippen LogP contribution >= 0.6 is 0 Å². The lowest BCUT2D eigenvalue weighted by Gasteiger charge is -2.28. The number of nitrogens with one attached hydrogen (secondary N) is 1. The Morgan fingerprint density at radius 3 is 2.20 bits per heavy atom. The van der Waals surface area contributed by atoms with Crippen LogP contribution in [0.4, 0.5) is 5.82 Å². The fourth-order valence-electron chi connectivity index (χ4n) is 3.29. The van der Waals surface area contributed by atoms with Gasteiger partial charge in [0.05, 0.1) is 0 Å². The standard InChI is InChI=1S/C22H28N2O/c1-21(2,3)17-11-14(12-18(19(17)25)22(4,5)6)10-15-13-24-20-16(15)8-7-9-23-20/h7-12,25H,13H2,1-6H3,(H,23,24). The van der Waals surface area contributed by atoms with Crippen molar-refractivity contribution in [3.63, 3.8) is 0 Å². The second-order valence-corrected chi connectivity index (χ2v) is 8.89. The number of anilines is 1. The molecule has 0 saturated carbocycles. The Morgan fingerprint density at radius 2 is 1.64 bits per heavy atom. The van der Waals surface area contributed by atoms with Gasteiger partial charge in [-0.2, -0.15) is 0 Å². The average Bonchev–Trinajstić information content (AvgIpc) is 2.90. The van der Waals surface area contributed by atoms with Crippen molar-refractivity contribution >= 4 is 17.5 Å². The van der Waals surface area contributed by atoms with Gasteiger partial charge in [-0.05, 0) is 52.3 Å². The smallest absolute Gasteiger partial charge is 0.133 e. The molecule has 3 nitrogen and oxygen atoms in total. The first-order valence-electron chi connectivity index (χ1n) is 8.85. The van der Waals surface area contributed by atoms with Crippen LogP contribution < -0.4 is 5.32 Å². The number of nitrogens with zero attached hydrogens (tertiary/aromatic N) is 1. The molecule has 0 amide bonds. The van der Waals surface area contributed by atoms with Crippen LogP contribution in [0.2, 0.25) is 0 Å². The molecule has 132 valence electrons. The van der Waals surface area contributed by atoms with E-state index in [1.54, 1.807) is 0 Å². The molecular formula is C22H28N2O. The maximum atomic E-state index is 10.9. The first-order valence-corrected chi connectivity index (χ1v) is 8.85. The third-order valence-electron chi connectivity index (χ3n) is 4.69. The lowest BCUT2D eigenvalue weighted by atomic mass is 9.78. The van der Waals surface area contributed by atoms with Crippen LogP contribution in [0, 0.1) is 0 Å². The molecule has 1 aromatic heterocycles. The van der Waals surface area contributed by atoms with Crippen molar-refractivity contribution in [2.45, 2.75) is 52.4 Å². The molecule has 0 saturated heterocycles. The van der Waals surface area contributed by atoms with Crippen LogP contribution in [-0.2, 0) is 10.8 Å². The second-order valence-electron chi connectivity index (χ2n) is 8.89. The van der Waals surface area contributed by atoms with Gasteiger partial charge in [-0.1, -0.05) is 41.5 Å². The molecule has 0 aliphatic carbocycles. The van der Waals surface area contributed by atoms with E-state index < -0.39 is 0 Å². The van der Waals surface area contributed by atoms with E-state index in [-0.39, 0.29) is 10.8 Å². The van der Waals surface area contributed by atoms with Crippen LogP contribution in [0.15, 0.2) is 30.5 Å². The molecule has 3 rings (SSSR count). The number of aromatic hydroxyl groups is 1. The Balaban J connectivity index is 2.16. The van der Waals surface area contributed by atoms with E-state index in [4.69, 9.17) is 0 Å². The molecule has 0 fully saturated rings. The van der Waals surface area contributed by atoms with E-state index in [9.17, 15) is 5.11 Å². The molecule has 25 heavy (non-hydrogen) atoms. The summed E-state index contributed by atoms with van der Waals surface area (Å²) in [6.45, 7) is 13.6. The minimum absolute atomic E-state index is 0.119. The molecule has 1 aromatic carbocycles. The van der Waals surface area contributed by atoms with Crippen LogP contribution in [0.25, 0.3) is 11.6 Å². The van der Waals surface area contributed by atoms with Gasteiger partial charge < -0.3 is 10.4 Å². The Hall–Kier alpha value is -2.29. The number of aromatic nitrogens is 1. The largest absolute Gasteiger partial charge is 0.507 e. The molecule has 2 aromatic rings. The Bertz CT molecular complexity index is 801. The highest BCUT2D eigenvalue weighted by atomic mass is 16.3. The molecule has 0 unspecified atom stereocenters. The summed E-state index contributed by atoms with van der Waals surface area (Å²) < 4.78 is 0. The van der Waals surface area contributed by atoms with Crippen molar-refractivity contribution in [1.82, 2.24) is 4.98 Å². The Morgan fingerprint density at radius 1 is 1.04 bits per heavy atom. The number of pyridine rings is 1. The normalized spacial score (nSPS) is 16.0. The zero-order valence-electron chi connectivity index (χ0n) is 16.1. The second kappa shape index (κ2) is 5.91. The third kappa shape index (κ3) is 3.41. The fraction of sp³-hybridized carbons (Fsp3) is 0.409. The van der Waals surface area contributed by atoms with E-state index in [0.29, 0.717) is 5.75 Å². The summed E-state index contributed by atoms with van der Waals surface area (Å²) in [6.07, 6.45) is 4.02. The molecule has 1 aliphatic rings. The van der Waals surface area contributed by atoms with Gasteiger partial charge in [-0.15, -0.1) is 0 Å². The van der Waals surface area contributed by atoms with E-state index in [0.717, 1.165) is 34.6 Å². The highest BCUT2D eigenvalue weighted by Crippen LogP contribution is 2.41. The number of benzene rings is 1. The van der Waals surface area contributed by atoms with E-state index in [1.165, 1.54) is 5.57 Å². The summed E-state index contributed by atoms with van der Waals surface area (Å²) in [4.78, 5) is 4.39. The van der Waals surface area contributed by atoms with Crippen LogP contribution in [-0.4, -0.2) is 16.6 Å². The Kier molecular flexibility index (Phi) is 4.14. The lowest BCUT2D eigenvalue weighted by Crippen LogP contribution is -2.17. The highest BCUT2D eigenvalue weighted by Gasteiger charge is 2.26. The van der Waals surface area contributed by atoms with Gasteiger partial charge in [0.2, 0.25) is 0 Å². The molecule has 2 heterocycles. The van der Waals surface area contributed by atoms with Crippen LogP contribution in [0.5, 0.6) is 5.75 Å². The zero-order valence-corrected chi connectivity index (χ0v) is 16.1. The summed E-state index contributed by atoms with van der Waals surface area (Å²) in [5, 5.41) is 14.2. The predicted molar refractivity (Wildman–Crippen MR) is 106 cm³/mol. The maximum absolute atomic E-state index is 10.9. The summed E-state index contributed by atoms with van der Waals surface area (Å²) in [5.74, 6) is 1.37. The minimum Gasteiger partial charge on any atom is -0.507 e. The molecule has 0 spiro atoms. The van der Waals surface area contributed by atoms with Crippen molar-refractivity contribution in [3.8, 4) is 5.75 Å². The van der Waals surface area contributed by atoms with Gasteiger partial charge in [-0.25, -0.2) is 4.98 Å². The lowest BCUT2D eigenvalue weighted by molar-refractivity contribution is 0.423. The van der Waals surface area contributed by atoms with Crippen molar-refractivity contribution < 1.29 is 5.11 Å². The summed E-state index contributed by atoms with van der Waals surface area (Å²) in [6, 6.07) is 8.31. The number of phenols is 1. The number of hydrogen-bond acceptors (Lipinski definition) is 3. The maximum Gasteiger partial charge on any atom is 0.133 e. The van der Waals surface area contributed by atoms with Crippen LogP contribution in [0.1, 0.15) is 63.8 Å². The summed E-state index contributed by atoms with van der Waals surface area (Å²) >= 11 is 0. The first kappa shape index (κ1) is 17.5. The van der Waals surface area contributed by atoms with Gasteiger partial charge in [0.1, 0.15) is 11.6 Å². The minimum atomic E-state index is -0.119. The Labute approximate surface area is 150 Å². The average molecular weight is 336 g/mol. The topological polar surface area (TPSA) is 45.2 Å². The molecule has 0 bridgehead atoms. The van der Waals surface area contributed by atoms with Gasteiger partial charge in [-0.3, -0.25) is 0 Å². The van der Waals surface area contributed by atoms with Gasteiger partial charge >= 0.3 is 0 Å². The predicted octanol–water partition coefficient (Wildman–Crippen LogP) is 5.35.